The summed E-state index contributed by atoms with van der Waals surface area (Å²) in [4.78, 5) is 0. The molecule has 0 spiro atoms. The highest BCUT2D eigenvalue weighted by Gasteiger charge is 2.06. The second kappa shape index (κ2) is 4.99. The van der Waals surface area contributed by atoms with Crippen molar-refractivity contribution in [2.24, 2.45) is 0 Å². The van der Waals surface area contributed by atoms with Crippen LogP contribution < -0.4 is 0 Å². The van der Waals surface area contributed by atoms with E-state index in [1.807, 2.05) is 6.07 Å². The standard InChI is InChI=1S/C8H6Br3Cl/c9-6-2-1-5(3-4-12)7(10)8(6)11/h1-2H,3-4H2. The third kappa shape index (κ3) is 2.47. The van der Waals surface area contributed by atoms with Gasteiger partial charge in [-0.3, -0.25) is 0 Å². The molecule has 0 radical (unpaired) electrons. The molecule has 0 aliphatic heterocycles. The summed E-state index contributed by atoms with van der Waals surface area (Å²) in [6.45, 7) is 0. The Hall–Kier alpha value is 0.950. The van der Waals surface area contributed by atoms with Crippen molar-refractivity contribution in [3.63, 3.8) is 0 Å². The molecule has 0 N–H and O–H groups in total. The number of alkyl halides is 1. The van der Waals surface area contributed by atoms with Crippen molar-refractivity contribution in [2.75, 3.05) is 5.88 Å². The Morgan fingerprint density at radius 1 is 1.08 bits per heavy atom. The fraction of sp³-hybridized carbons (Fsp3) is 0.250. The molecule has 0 amide bonds. The maximum absolute atomic E-state index is 5.65. The molecule has 12 heavy (non-hydrogen) atoms. The van der Waals surface area contributed by atoms with Crippen LogP contribution in [0.2, 0.25) is 0 Å². The summed E-state index contributed by atoms with van der Waals surface area (Å²) in [6.07, 6.45) is 0.883. The van der Waals surface area contributed by atoms with Gasteiger partial charge in [-0.05, 0) is 65.8 Å². The Balaban J connectivity index is 3.08. The van der Waals surface area contributed by atoms with Crippen LogP contribution in [0.15, 0.2) is 25.6 Å². The molecular weight excluding hydrogens is 371 g/mol. The highest BCUT2D eigenvalue weighted by molar-refractivity contribution is 9.14. The molecule has 1 aromatic rings. The molecule has 0 bridgehead atoms. The normalized spacial score (nSPS) is 10.3. The van der Waals surface area contributed by atoms with E-state index < -0.39 is 0 Å². The fourth-order valence-corrected chi connectivity index (χ4v) is 2.59. The number of aryl methyl sites for hydroxylation is 1. The molecule has 4 heteroatoms. The smallest absolute Gasteiger partial charge is 0.0462 e. The first-order chi connectivity index (χ1) is 5.66. The predicted molar refractivity (Wildman–Crippen MR) is 64.0 cm³/mol. The Morgan fingerprint density at radius 2 is 1.75 bits per heavy atom. The molecule has 0 aliphatic carbocycles. The minimum absolute atomic E-state index is 0.646. The monoisotopic (exact) mass is 374 g/mol. The van der Waals surface area contributed by atoms with Gasteiger partial charge in [0.25, 0.3) is 0 Å². The first-order valence-electron chi connectivity index (χ1n) is 3.35. The Morgan fingerprint density at radius 3 is 2.33 bits per heavy atom. The molecule has 0 heterocycles. The first-order valence-corrected chi connectivity index (χ1v) is 6.26. The summed E-state index contributed by atoms with van der Waals surface area (Å²) in [7, 11) is 0. The van der Waals surface area contributed by atoms with Crippen molar-refractivity contribution in [1.82, 2.24) is 0 Å². The third-order valence-electron chi connectivity index (χ3n) is 1.48. The van der Waals surface area contributed by atoms with Crippen LogP contribution in [0, 0.1) is 0 Å². The lowest BCUT2D eigenvalue weighted by Gasteiger charge is -2.05. The topological polar surface area (TPSA) is 0 Å². The van der Waals surface area contributed by atoms with Crippen molar-refractivity contribution < 1.29 is 0 Å². The zero-order chi connectivity index (χ0) is 9.14. The molecule has 0 saturated carbocycles. The molecule has 1 aromatic carbocycles. The van der Waals surface area contributed by atoms with Gasteiger partial charge in [0, 0.05) is 19.3 Å². The molecule has 0 aliphatic rings. The van der Waals surface area contributed by atoms with Crippen molar-refractivity contribution in [2.45, 2.75) is 6.42 Å². The summed E-state index contributed by atoms with van der Waals surface area (Å²) < 4.78 is 3.18. The van der Waals surface area contributed by atoms with Crippen LogP contribution in [0.3, 0.4) is 0 Å². The zero-order valence-corrected chi connectivity index (χ0v) is 11.6. The van der Waals surface area contributed by atoms with Gasteiger partial charge in [0.1, 0.15) is 0 Å². The SMILES string of the molecule is ClCCc1ccc(Br)c(Br)c1Br. The van der Waals surface area contributed by atoms with E-state index in [9.17, 15) is 0 Å². The number of hydrogen-bond donors (Lipinski definition) is 0. The largest absolute Gasteiger partial charge is 0.126 e. The van der Waals surface area contributed by atoms with E-state index in [1.165, 1.54) is 5.56 Å². The second-order valence-corrected chi connectivity index (χ2v) is 5.09. The van der Waals surface area contributed by atoms with Crippen LogP contribution in [-0.4, -0.2) is 5.88 Å². The van der Waals surface area contributed by atoms with E-state index in [0.717, 1.165) is 19.8 Å². The van der Waals surface area contributed by atoms with Gasteiger partial charge in [0.2, 0.25) is 0 Å². The van der Waals surface area contributed by atoms with E-state index in [2.05, 4.69) is 53.9 Å². The van der Waals surface area contributed by atoms with Crippen LogP contribution in [0.5, 0.6) is 0 Å². The number of hydrogen-bond acceptors (Lipinski definition) is 0. The number of halogens is 4. The van der Waals surface area contributed by atoms with Gasteiger partial charge in [-0.1, -0.05) is 6.07 Å². The van der Waals surface area contributed by atoms with Gasteiger partial charge in [0.05, 0.1) is 0 Å². The van der Waals surface area contributed by atoms with Gasteiger partial charge in [-0.25, -0.2) is 0 Å². The maximum Gasteiger partial charge on any atom is 0.0462 e. The Bertz CT molecular complexity index is 286. The van der Waals surface area contributed by atoms with Crippen molar-refractivity contribution in [3.05, 3.63) is 31.1 Å². The minimum atomic E-state index is 0.646. The summed E-state index contributed by atoms with van der Waals surface area (Å²) in [6, 6.07) is 4.07. The lowest BCUT2D eigenvalue weighted by molar-refractivity contribution is 1.13. The third-order valence-corrected chi connectivity index (χ3v) is 5.12. The van der Waals surface area contributed by atoms with Crippen LogP contribution >= 0.6 is 59.4 Å². The van der Waals surface area contributed by atoms with Crippen LogP contribution in [-0.2, 0) is 6.42 Å². The maximum atomic E-state index is 5.65. The van der Waals surface area contributed by atoms with E-state index in [4.69, 9.17) is 11.6 Å². The van der Waals surface area contributed by atoms with E-state index in [1.54, 1.807) is 0 Å². The number of benzene rings is 1. The Labute approximate surface area is 102 Å². The summed E-state index contributed by atoms with van der Waals surface area (Å²) in [5.41, 5.74) is 1.22. The fourth-order valence-electron chi connectivity index (χ4n) is 0.861. The number of rotatable bonds is 2. The van der Waals surface area contributed by atoms with E-state index in [0.29, 0.717) is 5.88 Å². The van der Waals surface area contributed by atoms with E-state index in [-0.39, 0.29) is 0 Å². The van der Waals surface area contributed by atoms with Gasteiger partial charge in [-0.2, -0.15) is 0 Å². The lowest BCUT2D eigenvalue weighted by atomic mass is 10.2. The molecule has 66 valence electrons. The molecule has 0 unspecified atom stereocenters. The Kier molecular flexibility index (Phi) is 4.58. The van der Waals surface area contributed by atoms with E-state index >= 15 is 0 Å². The lowest BCUT2D eigenvalue weighted by Crippen LogP contribution is -1.88. The minimum Gasteiger partial charge on any atom is -0.126 e. The average molecular weight is 377 g/mol. The van der Waals surface area contributed by atoms with Crippen molar-refractivity contribution in [1.29, 1.82) is 0 Å². The zero-order valence-electron chi connectivity index (χ0n) is 6.08. The molecule has 0 atom stereocenters. The van der Waals surface area contributed by atoms with Crippen LogP contribution in [0.25, 0.3) is 0 Å². The van der Waals surface area contributed by atoms with Crippen molar-refractivity contribution >= 4 is 59.4 Å². The quantitative estimate of drug-likeness (QED) is 0.515. The first kappa shape index (κ1) is 11.0. The summed E-state index contributed by atoms with van der Waals surface area (Å²) in [5.74, 6) is 0.646. The second-order valence-electron chi connectivity index (χ2n) is 2.27. The predicted octanol–water partition coefficient (Wildman–Crippen LogP) is 4.76. The molecule has 0 saturated heterocycles. The van der Waals surface area contributed by atoms with Gasteiger partial charge >= 0.3 is 0 Å². The molecule has 0 aromatic heterocycles. The summed E-state index contributed by atoms with van der Waals surface area (Å²) >= 11 is 16.0. The van der Waals surface area contributed by atoms with Gasteiger partial charge in [0.15, 0.2) is 0 Å². The van der Waals surface area contributed by atoms with Crippen LogP contribution in [0.1, 0.15) is 5.56 Å². The highest BCUT2D eigenvalue weighted by Crippen LogP contribution is 2.33. The van der Waals surface area contributed by atoms with Crippen molar-refractivity contribution in [3.8, 4) is 0 Å². The summed E-state index contributed by atoms with van der Waals surface area (Å²) in [5, 5.41) is 0. The van der Waals surface area contributed by atoms with Gasteiger partial charge < -0.3 is 0 Å². The van der Waals surface area contributed by atoms with Crippen LogP contribution in [0.4, 0.5) is 0 Å². The highest BCUT2D eigenvalue weighted by atomic mass is 79.9. The van der Waals surface area contributed by atoms with Gasteiger partial charge in [-0.15, -0.1) is 11.6 Å². The molecule has 0 nitrogen and oxygen atoms in total. The molecular formula is C8H6Br3Cl. The molecule has 0 fully saturated rings. The average Bonchev–Trinajstić information content (AvgIpc) is 2.07. The molecule has 1 rings (SSSR count).